The number of carboxylic acids is 1. The summed E-state index contributed by atoms with van der Waals surface area (Å²) < 4.78 is 35.8. The molecule has 8 heteroatoms. The third-order valence-electron chi connectivity index (χ3n) is 2.94. The maximum absolute atomic E-state index is 13.7. The van der Waals surface area contributed by atoms with Crippen molar-refractivity contribution in [3.8, 4) is 0 Å². The van der Waals surface area contributed by atoms with Crippen molar-refractivity contribution >= 4 is 21.7 Å². The van der Waals surface area contributed by atoms with Crippen LogP contribution in [0.4, 0.5) is 10.1 Å². The zero-order valence-electron chi connectivity index (χ0n) is 9.84. The average Bonchev–Trinajstić information content (AvgIpc) is 3.09. The van der Waals surface area contributed by atoms with Gasteiger partial charge in [0.15, 0.2) is 0 Å². The molecule has 1 atom stereocenters. The average molecular weight is 288 g/mol. The van der Waals surface area contributed by atoms with Gasteiger partial charge >= 0.3 is 5.97 Å². The number of halogens is 1. The van der Waals surface area contributed by atoms with Gasteiger partial charge in [0.05, 0.1) is 10.6 Å². The number of benzene rings is 1. The number of hydrogen-bond donors (Lipinski definition) is 3. The molecule has 4 N–H and O–H groups in total. The van der Waals surface area contributed by atoms with Crippen molar-refractivity contribution in [2.75, 3.05) is 5.32 Å². The number of nitrogens with one attached hydrogen (secondary N) is 1. The first-order chi connectivity index (χ1) is 8.79. The molecular weight excluding hydrogens is 275 g/mol. The van der Waals surface area contributed by atoms with E-state index in [1.807, 2.05) is 0 Å². The topological polar surface area (TPSA) is 109 Å². The number of nitrogens with two attached hydrogens (primary N) is 1. The molecule has 1 aliphatic rings. The number of carboxylic acid groups (broad SMARTS) is 1. The first kappa shape index (κ1) is 13.8. The lowest BCUT2D eigenvalue weighted by atomic mass is 10.1. The Kier molecular flexibility index (Phi) is 3.46. The first-order valence-corrected chi connectivity index (χ1v) is 7.15. The molecule has 0 spiro atoms. The van der Waals surface area contributed by atoms with Crippen LogP contribution >= 0.6 is 0 Å². The molecule has 0 amide bonds. The van der Waals surface area contributed by atoms with Gasteiger partial charge in [0, 0.05) is 0 Å². The third-order valence-corrected chi connectivity index (χ3v) is 3.85. The van der Waals surface area contributed by atoms with E-state index in [0.29, 0.717) is 0 Å². The molecule has 1 aromatic carbocycles. The van der Waals surface area contributed by atoms with Gasteiger partial charge in [-0.1, -0.05) is 0 Å². The molecule has 0 heterocycles. The van der Waals surface area contributed by atoms with Gasteiger partial charge in [0.25, 0.3) is 0 Å². The predicted molar refractivity (Wildman–Crippen MR) is 65.5 cm³/mol. The maximum Gasteiger partial charge on any atom is 0.326 e. The molecule has 1 fully saturated rings. The van der Waals surface area contributed by atoms with Gasteiger partial charge in [-0.25, -0.2) is 22.7 Å². The smallest absolute Gasteiger partial charge is 0.326 e. The molecule has 1 unspecified atom stereocenters. The highest BCUT2D eigenvalue weighted by molar-refractivity contribution is 7.89. The highest BCUT2D eigenvalue weighted by Gasteiger charge is 2.36. The number of sulfonamides is 1. The fraction of sp³-hybridized carbons (Fsp3) is 0.364. The molecule has 0 aromatic heterocycles. The Morgan fingerprint density at radius 1 is 1.47 bits per heavy atom. The van der Waals surface area contributed by atoms with Crippen molar-refractivity contribution in [1.82, 2.24) is 0 Å². The van der Waals surface area contributed by atoms with Crippen LogP contribution in [0.3, 0.4) is 0 Å². The van der Waals surface area contributed by atoms with E-state index in [4.69, 9.17) is 10.2 Å². The molecule has 104 valence electrons. The highest BCUT2D eigenvalue weighted by Crippen LogP contribution is 2.35. The molecule has 1 saturated carbocycles. The number of carbonyl (C=O) groups is 1. The van der Waals surface area contributed by atoms with Crippen molar-refractivity contribution in [1.29, 1.82) is 0 Å². The highest BCUT2D eigenvalue weighted by atomic mass is 32.2. The van der Waals surface area contributed by atoms with Crippen LogP contribution in [0.25, 0.3) is 0 Å². The second-order valence-electron chi connectivity index (χ2n) is 4.48. The van der Waals surface area contributed by atoms with Gasteiger partial charge in [-0.3, -0.25) is 0 Å². The molecule has 2 rings (SSSR count). The Morgan fingerprint density at radius 2 is 2.11 bits per heavy atom. The second kappa shape index (κ2) is 4.78. The Balaban J connectivity index is 2.24. The lowest BCUT2D eigenvalue weighted by molar-refractivity contribution is -0.138. The maximum atomic E-state index is 13.7. The minimum absolute atomic E-state index is 0.0187. The van der Waals surface area contributed by atoms with Crippen LogP contribution in [-0.2, 0) is 14.8 Å². The van der Waals surface area contributed by atoms with Crippen LogP contribution < -0.4 is 10.5 Å². The van der Waals surface area contributed by atoms with Gasteiger partial charge in [-0.2, -0.15) is 0 Å². The summed E-state index contributed by atoms with van der Waals surface area (Å²) in [6.45, 7) is 0. The van der Waals surface area contributed by atoms with E-state index in [1.165, 1.54) is 6.07 Å². The molecule has 1 aromatic rings. The lowest BCUT2D eigenvalue weighted by Crippen LogP contribution is -2.31. The molecule has 6 nitrogen and oxygen atoms in total. The Bertz CT molecular complexity index is 613. The van der Waals surface area contributed by atoms with E-state index < -0.39 is 27.9 Å². The molecule has 1 aliphatic carbocycles. The molecular formula is C11H13FN2O4S. The molecule has 19 heavy (non-hydrogen) atoms. The fourth-order valence-electron chi connectivity index (χ4n) is 1.77. The SMILES string of the molecule is NS(=O)(=O)c1ccc(NC(C(=O)O)C2CC2)c(F)c1. The van der Waals surface area contributed by atoms with Crippen LogP contribution in [0.5, 0.6) is 0 Å². The number of aliphatic carboxylic acids is 1. The van der Waals surface area contributed by atoms with Crippen LogP contribution in [0.15, 0.2) is 23.1 Å². The van der Waals surface area contributed by atoms with Crippen molar-refractivity contribution in [3.05, 3.63) is 24.0 Å². The normalized spacial score (nSPS) is 16.9. The minimum Gasteiger partial charge on any atom is -0.480 e. The van der Waals surface area contributed by atoms with Crippen molar-refractivity contribution in [2.24, 2.45) is 11.1 Å². The summed E-state index contributed by atoms with van der Waals surface area (Å²) in [7, 11) is -3.97. The zero-order valence-corrected chi connectivity index (χ0v) is 10.7. The molecule has 0 radical (unpaired) electrons. The summed E-state index contributed by atoms with van der Waals surface area (Å²) in [6, 6.07) is 2.21. The van der Waals surface area contributed by atoms with Gasteiger partial charge in [-0.05, 0) is 37.0 Å². The number of hydrogen-bond acceptors (Lipinski definition) is 4. The first-order valence-electron chi connectivity index (χ1n) is 5.61. The summed E-state index contributed by atoms with van der Waals surface area (Å²) in [5.74, 6) is -1.93. The van der Waals surface area contributed by atoms with E-state index in [9.17, 15) is 17.6 Å². The van der Waals surface area contributed by atoms with E-state index in [1.54, 1.807) is 0 Å². The van der Waals surface area contributed by atoms with Crippen molar-refractivity contribution in [2.45, 2.75) is 23.8 Å². The quantitative estimate of drug-likeness (QED) is 0.740. The van der Waals surface area contributed by atoms with Crippen LogP contribution in [-0.4, -0.2) is 25.5 Å². The third kappa shape index (κ3) is 3.21. The van der Waals surface area contributed by atoms with Crippen molar-refractivity contribution < 1.29 is 22.7 Å². The van der Waals surface area contributed by atoms with Crippen LogP contribution in [0.2, 0.25) is 0 Å². The summed E-state index contributed by atoms with van der Waals surface area (Å²) in [4.78, 5) is 10.7. The Labute approximate surface area is 109 Å². The second-order valence-corrected chi connectivity index (χ2v) is 6.05. The van der Waals surface area contributed by atoms with E-state index >= 15 is 0 Å². The van der Waals surface area contributed by atoms with Gasteiger partial charge in [0.1, 0.15) is 11.9 Å². The number of anilines is 1. The summed E-state index contributed by atoms with van der Waals surface area (Å²) >= 11 is 0. The predicted octanol–water partition coefficient (Wildman–Crippen LogP) is 0.748. The molecule has 0 bridgehead atoms. The summed E-state index contributed by atoms with van der Waals surface area (Å²) in [5, 5.41) is 16.5. The monoisotopic (exact) mass is 288 g/mol. The Morgan fingerprint density at radius 3 is 2.53 bits per heavy atom. The number of primary sulfonamides is 1. The summed E-state index contributed by atoms with van der Waals surface area (Å²) in [5.41, 5.74) is -0.0494. The minimum atomic E-state index is -3.97. The largest absolute Gasteiger partial charge is 0.480 e. The number of rotatable bonds is 5. The van der Waals surface area contributed by atoms with Crippen LogP contribution in [0, 0.1) is 11.7 Å². The standard InChI is InChI=1S/C11H13FN2O4S/c12-8-5-7(19(13,17)18)3-4-9(8)14-10(11(15)16)6-1-2-6/h3-6,10,14H,1-2H2,(H,15,16)(H2,13,17,18). The lowest BCUT2D eigenvalue weighted by Gasteiger charge is -2.15. The van der Waals surface area contributed by atoms with Crippen LogP contribution in [0.1, 0.15) is 12.8 Å². The van der Waals surface area contributed by atoms with Crippen molar-refractivity contribution in [3.63, 3.8) is 0 Å². The van der Waals surface area contributed by atoms with E-state index in [2.05, 4.69) is 5.32 Å². The summed E-state index contributed by atoms with van der Waals surface area (Å²) in [6.07, 6.45) is 1.56. The fourth-order valence-corrected chi connectivity index (χ4v) is 2.29. The van der Waals surface area contributed by atoms with E-state index in [-0.39, 0.29) is 16.5 Å². The van der Waals surface area contributed by atoms with E-state index in [0.717, 1.165) is 25.0 Å². The molecule has 0 saturated heterocycles. The van der Waals surface area contributed by atoms with Gasteiger partial charge < -0.3 is 10.4 Å². The molecule has 0 aliphatic heterocycles. The van der Waals surface area contributed by atoms with Gasteiger partial charge in [-0.15, -0.1) is 0 Å². The van der Waals surface area contributed by atoms with Gasteiger partial charge in [0.2, 0.25) is 10.0 Å². The Hall–Kier alpha value is -1.67. The zero-order chi connectivity index (χ0) is 14.2.